The largest absolute Gasteiger partial charge is 0.478 e. The number of carboxylic acids is 1. The second-order valence-corrected chi connectivity index (χ2v) is 4.27. The molecule has 0 amide bonds. The van der Waals surface area contributed by atoms with Crippen LogP contribution in [-0.4, -0.2) is 21.0 Å². The lowest BCUT2D eigenvalue weighted by atomic mass is 10.2. The fraction of sp³-hybridized carbons (Fsp3) is 0. The van der Waals surface area contributed by atoms with Crippen molar-refractivity contribution in [1.29, 1.82) is 0 Å². The molecule has 0 aliphatic heterocycles. The molecule has 0 bridgehead atoms. The van der Waals surface area contributed by atoms with E-state index in [0.717, 1.165) is 0 Å². The Kier molecular flexibility index (Phi) is 2.68. The average Bonchev–Trinajstić information content (AvgIpc) is 2.81. The van der Waals surface area contributed by atoms with Crippen molar-refractivity contribution < 1.29 is 14.3 Å². The van der Waals surface area contributed by atoms with Crippen LogP contribution in [0.15, 0.2) is 41.1 Å². The lowest BCUT2D eigenvalue weighted by Gasteiger charge is -1.96. The van der Waals surface area contributed by atoms with E-state index in [1.54, 1.807) is 18.3 Å². The Morgan fingerprint density at radius 1 is 1.32 bits per heavy atom. The van der Waals surface area contributed by atoms with Crippen molar-refractivity contribution in [3.63, 3.8) is 0 Å². The zero-order chi connectivity index (χ0) is 13.4. The van der Waals surface area contributed by atoms with Crippen molar-refractivity contribution >= 4 is 28.7 Å². The summed E-state index contributed by atoms with van der Waals surface area (Å²) in [6.45, 7) is 0. The Bertz CT molecular complexity index is 782. The van der Waals surface area contributed by atoms with Gasteiger partial charge in [0.05, 0.1) is 16.1 Å². The van der Waals surface area contributed by atoms with Crippen LogP contribution in [-0.2, 0) is 0 Å². The maximum Gasteiger partial charge on any atom is 0.335 e. The van der Waals surface area contributed by atoms with Crippen LogP contribution in [0.2, 0.25) is 5.02 Å². The van der Waals surface area contributed by atoms with Gasteiger partial charge in [0.15, 0.2) is 5.58 Å². The summed E-state index contributed by atoms with van der Waals surface area (Å²) in [6, 6.07) is 6.18. The van der Waals surface area contributed by atoms with E-state index in [0.29, 0.717) is 27.6 Å². The van der Waals surface area contributed by atoms with Crippen LogP contribution in [0, 0.1) is 0 Å². The maximum atomic E-state index is 10.9. The van der Waals surface area contributed by atoms with Crippen LogP contribution in [0.4, 0.5) is 0 Å². The van der Waals surface area contributed by atoms with Crippen LogP contribution >= 0.6 is 11.6 Å². The third-order valence-electron chi connectivity index (χ3n) is 2.64. The smallest absolute Gasteiger partial charge is 0.335 e. The molecular weight excluding hydrogens is 268 g/mol. The summed E-state index contributed by atoms with van der Waals surface area (Å²) < 4.78 is 5.55. The van der Waals surface area contributed by atoms with Crippen molar-refractivity contribution in [2.75, 3.05) is 0 Å². The second-order valence-electron chi connectivity index (χ2n) is 3.86. The van der Waals surface area contributed by atoms with Gasteiger partial charge < -0.3 is 9.52 Å². The summed E-state index contributed by atoms with van der Waals surface area (Å²) >= 11 is 6.01. The fourth-order valence-electron chi connectivity index (χ4n) is 1.72. The Hall–Kier alpha value is -2.40. The first kappa shape index (κ1) is 11.7. The van der Waals surface area contributed by atoms with E-state index < -0.39 is 5.97 Å². The lowest BCUT2D eigenvalue weighted by molar-refractivity contribution is 0.0697. The van der Waals surface area contributed by atoms with Gasteiger partial charge in [0, 0.05) is 12.4 Å². The Morgan fingerprint density at radius 2 is 2.16 bits per heavy atom. The normalized spacial score (nSPS) is 10.8. The van der Waals surface area contributed by atoms with E-state index in [2.05, 4.69) is 9.97 Å². The number of aromatic nitrogens is 2. The highest BCUT2D eigenvalue weighted by Crippen LogP contribution is 2.29. The van der Waals surface area contributed by atoms with Gasteiger partial charge in [0.1, 0.15) is 5.52 Å². The number of carbonyl (C=O) groups is 1. The molecule has 0 saturated carbocycles. The van der Waals surface area contributed by atoms with Crippen molar-refractivity contribution in [1.82, 2.24) is 9.97 Å². The number of halogens is 1. The topological polar surface area (TPSA) is 76.2 Å². The van der Waals surface area contributed by atoms with Gasteiger partial charge in [0.25, 0.3) is 0 Å². The maximum absolute atomic E-state index is 10.9. The van der Waals surface area contributed by atoms with Crippen LogP contribution < -0.4 is 0 Å². The minimum atomic E-state index is -1.01. The van der Waals surface area contributed by atoms with E-state index in [1.165, 1.54) is 18.3 Å². The number of carboxylic acid groups (broad SMARTS) is 1. The zero-order valence-electron chi connectivity index (χ0n) is 9.50. The van der Waals surface area contributed by atoms with Crippen molar-refractivity contribution in [3.8, 4) is 11.5 Å². The van der Waals surface area contributed by atoms with Gasteiger partial charge in [-0.05, 0) is 24.3 Å². The molecule has 5 nitrogen and oxygen atoms in total. The van der Waals surface area contributed by atoms with E-state index >= 15 is 0 Å². The van der Waals surface area contributed by atoms with E-state index in [1.807, 2.05) is 0 Å². The predicted molar refractivity (Wildman–Crippen MR) is 69.2 cm³/mol. The van der Waals surface area contributed by atoms with Gasteiger partial charge in [-0.2, -0.15) is 0 Å². The Morgan fingerprint density at radius 3 is 2.89 bits per heavy atom. The molecule has 2 aromatic heterocycles. The van der Waals surface area contributed by atoms with Crippen LogP contribution in [0.1, 0.15) is 10.4 Å². The van der Waals surface area contributed by atoms with E-state index in [-0.39, 0.29) is 5.56 Å². The predicted octanol–water partition coefficient (Wildman–Crippen LogP) is 3.24. The van der Waals surface area contributed by atoms with Gasteiger partial charge in [-0.25, -0.2) is 9.78 Å². The number of pyridine rings is 1. The molecule has 3 rings (SSSR count). The molecule has 0 radical (unpaired) electrons. The molecule has 1 N–H and O–H groups in total. The van der Waals surface area contributed by atoms with Gasteiger partial charge in [-0.15, -0.1) is 0 Å². The molecule has 0 spiro atoms. The number of oxazole rings is 1. The molecule has 3 aromatic rings. The van der Waals surface area contributed by atoms with Crippen molar-refractivity contribution in [2.24, 2.45) is 0 Å². The van der Waals surface area contributed by atoms with Crippen molar-refractivity contribution in [2.45, 2.75) is 0 Å². The number of benzene rings is 1. The Labute approximate surface area is 112 Å². The molecule has 0 aliphatic carbocycles. The number of nitrogens with zero attached hydrogens (tertiary/aromatic N) is 2. The average molecular weight is 275 g/mol. The summed E-state index contributed by atoms with van der Waals surface area (Å²) in [6.07, 6.45) is 3.08. The number of aromatic carboxylic acids is 1. The van der Waals surface area contributed by atoms with Gasteiger partial charge in [0.2, 0.25) is 5.89 Å². The first-order valence-electron chi connectivity index (χ1n) is 5.39. The third kappa shape index (κ3) is 2.04. The van der Waals surface area contributed by atoms with Gasteiger partial charge in [-0.1, -0.05) is 11.6 Å². The summed E-state index contributed by atoms with van der Waals surface area (Å²) in [5, 5.41) is 9.35. The highest BCUT2D eigenvalue weighted by atomic mass is 35.5. The summed E-state index contributed by atoms with van der Waals surface area (Å²) in [5.41, 5.74) is 1.76. The molecule has 19 heavy (non-hydrogen) atoms. The summed E-state index contributed by atoms with van der Waals surface area (Å²) in [7, 11) is 0. The SMILES string of the molecule is O=C(O)c1ccc2oc(-c3ccncc3Cl)nc2c1. The highest BCUT2D eigenvalue weighted by Gasteiger charge is 2.13. The fourth-order valence-corrected chi connectivity index (χ4v) is 1.92. The van der Waals surface area contributed by atoms with Gasteiger partial charge >= 0.3 is 5.97 Å². The third-order valence-corrected chi connectivity index (χ3v) is 2.94. The summed E-state index contributed by atoms with van der Waals surface area (Å²) in [5.74, 6) is -0.668. The second kappa shape index (κ2) is 4.37. The lowest BCUT2D eigenvalue weighted by Crippen LogP contribution is -1.94. The van der Waals surface area contributed by atoms with Crippen LogP contribution in [0.3, 0.4) is 0 Å². The van der Waals surface area contributed by atoms with Crippen molar-refractivity contribution in [3.05, 3.63) is 47.2 Å². The molecule has 6 heteroatoms. The first-order valence-corrected chi connectivity index (χ1v) is 5.77. The number of fused-ring (bicyclic) bond motifs is 1. The molecule has 94 valence electrons. The zero-order valence-corrected chi connectivity index (χ0v) is 10.3. The van der Waals surface area contributed by atoms with Crippen LogP contribution in [0.25, 0.3) is 22.6 Å². The number of rotatable bonds is 2. The van der Waals surface area contributed by atoms with Crippen LogP contribution in [0.5, 0.6) is 0 Å². The summed E-state index contributed by atoms with van der Waals surface area (Å²) in [4.78, 5) is 19.0. The first-order chi connectivity index (χ1) is 9.15. The Balaban J connectivity index is 2.17. The number of hydrogen-bond donors (Lipinski definition) is 1. The molecule has 2 heterocycles. The standard InChI is InChI=1S/C13H7ClN2O3/c14-9-6-15-4-3-8(9)12-16-10-5-7(13(17)18)1-2-11(10)19-12/h1-6H,(H,17,18). The highest BCUT2D eigenvalue weighted by molar-refractivity contribution is 6.33. The van der Waals surface area contributed by atoms with Gasteiger partial charge in [-0.3, -0.25) is 4.98 Å². The molecular formula is C13H7ClN2O3. The minimum Gasteiger partial charge on any atom is -0.478 e. The minimum absolute atomic E-state index is 0.160. The molecule has 0 aliphatic rings. The monoisotopic (exact) mass is 274 g/mol. The van der Waals surface area contributed by atoms with E-state index in [4.69, 9.17) is 21.1 Å². The number of hydrogen-bond acceptors (Lipinski definition) is 4. The molecule has 0 fully saturated rings. The molecule has 0 saturated heterocycles. The van der Waals surface area contributed by atoms with E-state index in [9.17, 15) is 4.79 Å². The molecule has 0 unspecified atom stereocenters. The quantitative estimate of drug-likeness (QED) is 0.776. The molecule has 1 aromatic carbocycles. The molecule has 0 atom stereocenters.